The first-order chi connectivity index (χ1) is 9.29. The minimum Gasteiger partial charge on any atom is -0.358 e. The van der Waals surface area contributed by atoms with E-state index in [2.05, 4.69) is 60.4 Å². The summed E-state index contributed by atoms with van der Waals surface area (Å²) in [4.78, 5) is 3.45. The van der Waals surface area contributed by atoms with Crippen molar-refractivity contribution in [3.63, 3.8) is 0 Å². The minimum atomic E-state index is 0.691. The van der Waals surface area contributed by atoms with Gasteiger partial charge in [0.1, 0.15) is 0 Å². The van der Waals surface area contributed by atoms with E-state index in [1.54, 1.807) is 0 Å². The number of nitrogens with one attached hydrogen (secondary N) is 1. The lowest BCUT2D eigenvalue weighted by molar-refractivity contribution is 0.969. The molecule has 0 saturated carbocycles. The van der Waals surface area contributed by atoms with Gasteiger partial charge in [-0.1, -0.05) is 42.5 Å². The number of hydrogen-bond donors (Lipinski definition) is 2. The number of benzene rings is 2. The molecule has 0 saturated heterocycles. The molecule has 3 aromatic rings. The van der Waals surface area contributed by atoms with Gasteiger partial charge >= 0.3 is 0 Å². The zero-order chi connectivity index (χ0) is 13.2. The van der Waals surface area contributed by atoms with Gasteiger partial charge in [0, 0.05) is 22.2 Å². The highest BCUT2D eigenvalue weighted by molar-refractivity contribution is 5.97. The van der Waals surface area contributed by atoms with Crippen LogP contribution in [-0.2, 0) is 6.42 Å². The topological polar surface area (TPSA) is 41.8 Å². The number of aromatic nitrogens is 1. The molecule has 2 nitrogen and oxygen atoms in total. The quantitative estimate of drug-likeness (QED) is 0.732. The van der Waals surface area contributed by atoms with E-state index in [-0.39, 0.29) is 0 Å². The largest absolute Gasteiger partial charge is 0.358 e. The number of aryl methyl sites for hydroxylation is 1. The van der Waals surface area contributed by atoms with Crippen molar-refractivity contribution in [3.8, 4) is 11.1 Å². The van der Waals surface area contributed by atoms with E-state index in [1.807, 2.05) is 0 Å². The van der Waals surface area contributed by atoms with Crippen LogP contribution in [0.25, 0.3) is 22.0 Å². The van der Waals surface area contributed by atoms with Gasteiger partial charge in [0.05, 0.1) is 0 Å². The van der Waals surface area contributed by atoms with Gasteiger partial charge in [0.25, 0.3) is 0 Å². The Bertz CT molecular complexity index is 710. The summed E-state index contributed by atoms with van der Waals surface area (Å²) in [7, 11) is 0. The first-order valence-electron chi connectivity index (χ1n) is 6.66. The Morgan fingerprint density at radius 1 is 1.05 bits per heavy atom. The third kappa shape index (κ3) is 2.15. The average molecular weight is 250 g/mol. The van der Waals surface area contributed by atoms with Crippen molar-refractivity contribution in [2.75, 3.05) is 6.54 Å². The van der Waals surface area contributed by atoms with Crippen LogP contribution in [0.2, 0.25) is 0 Å². The molecule has 0 fully saturated rings. The fourth-order valence-electron chi connectivity index (χ4n) is 2.70. The fraction of sp³-hybridized carbons (Fsp3) is 0.176. The SMILES string of the molecule is Cc1[nH]c2ccccc2c1-c1cccc(CCN)c1. The summed E-state index contributed by atoms with van der Waals surface area (Å²) in [6.07, 6.45) is 0.926. The minimum absolute atomic E-state index is 0.691. The first-order valence-corrected chi connectivity index (χ1v) is 6.66. The normalized spacial score (nSPS) is 11.1. The van der Waals surface area contributed by atoms with Gasteiger partial charge in [-0.2, -0.15) is 0 Å². The Morgan fingerprint density at radius 3 is 2.74 bits per heavy atom. The molecule has 0 aliphatic rings. The van der Waals surface area contributed by atoms with E-state index in [9.17, 15) is 0 Å². The molecular weight excluding hydrogens is 232 g/mol. The van der Waals surface area contributed by atoms with Crippen LogP contribution in [0.5, 0.6) is 0 Å². The Hall–Kier alpha value is -2.06. The predicted octanol–water partition coefficient (Wildman–Crippen LogP) is 3.64. The molecule has 96 valence electrons. The molecule has 0 radical (unpaired) electrons. The third-order valence-electron chi connectivity index (χ3n) is 3.54. The van der Waals surface area contributed by atoms with E-state index in [1.165, 1.54) is 33.3 Å². The molecule has 0 amide bonds. The maximum Gasteiger partial charge on any atom is 0.0462 e. The van der Waals surface area contributed by atoms with Gasteiger partial charge in [0.2, 0.25) is 0 Å². The van der Waals surface area contributed by atoms with Crippen LogP contribution in [0.4, 0.5) is 0 Å². The number of aromatic amines is 1. The molecule has 1 heterocycles. The van der Waals surface area contributed by atoms with Crippen molar-refractivity contribution < 1.29 is 0 Å². The summed E-state index contributed by atoms with van der Waals surface area (Å²) in [5.41, 5.74) is 11.9. The molecule has 0 unspecified atom stereocenters. The molecule has 0 aliphatic heterocycles. The Balaban J connectivity index is 2.18. The van der Waals surface area contributed by atoms with Gasteiger partial charge in [-0.25, -0.2) is 0 Å². The van der Waals surface area contributed by atoms with Crippen LogP contribution in [0.15, 0.2) is 48.5 Å². The molecule has 3 rings (SSSR count). The molecule has 0 aliphatic carbocycles. The van der Waals surface area contributed by atoms with Crippen molar-refractivity contribution >= 4 is 10.9 Å². The second-order valence-corrected chi connectivity index (χ2v) is 4.91. The van der Waals surface area contributed by atoms with Gasteiger partial charge in [-0.05, 0) is 37.1 Å². The van der Waals surface area contributed by atoms with Crippen LogP contribution in [0, 0.1) is 6.92 Å². The molecule has 0 atom stereocenters. The maximum absolute atomic E-state index is 5.64. The third-order valence-corrected chi connectivity index (χ3v) is 3.54. The van der Waals surface area contributed by atoms with Gasteiger partial charge in [-0.15, -0.1) is 0 Å². The van der Waals surface area contributed by atoms with Gasteiger partial charge < -0.3 is 10.7 Å². The zero-order valence-corrected chi connectivity index (χ0v) is 11.1. The first kappa shape index (κ1) is 12.0. The second kappa shape index (κ2) is 4.90. The van der Waals surface area contributed by atoms with Gasteiger partial charge in [-0.3, -0.25) is 0 Å². The lowest BCUT2D eigenvalue weighted by Crippen LogP contribution is -2.02. The Kier molecular flexibility index (Phi) is 3.10. The van der Waals surface area contributed by atoms with E-state index >= 15 is 0 Å². The molecule has 2 heteroatoms. The highest BCUT2D eigenvalue weighted by Crippen LogP contribution is 2.32. The summed E-state index contributed by atoms with van der Waals surface area (Å²) >= 11 is 0. The van der Waals surface area contributed by atoms with E-state index < -0.39 is 0 Å². The fourth-order valence-corrected chi connectivity index (χ4v) is 2.70. The zero-order valence-electron chi connectivity index (χ0n) is 11.1. The summed E-state index contributed by atoms with van der Waals surface area (Å²) in [6.45, 7) is 2.82. The van der Waals surface area contributed by atoms with Gasteiger partial charge in [0.15, 0.2) is 0 Å². The van der Waals surface area contributed by atoms with Crippen molar-refractivity contribution in [3.05, 3.63) is 59.8 Å². The van der Waals surface area contributed by atoms with Crippen LogP contribution >= 0.6 is 0 Å². The Morgan fingerprint density at radius 2 is 1.89 bits per heavy atom. The van der Waals surface area contributed by atoms with E-state index in [4.69, 9.17) is 5.73 Å². The molecule has 0 spiro atoms. The van der Waals surface area contributed by atoms with Crippen molar-refractivity contribution in [2.24, 2.45) is 5.73 Å². The highest BCUT2D eigenvalue weighted by Gasteiger charge is 2.10. The predicted molar refractivity (Wildman–Crippen MR) is 81.2 cm³/mol. The number of H-pyrrole nitrogens is 1. The van der Waals surface area contributed by atoms with E-state index in [0.29, 0.717) is 6.54 Å². The maximum atomic E-state index is 5.64. The summed E-state index contributed by atoms with van der Waals surface area (Å²) in [6, 6.07) is 17.1. The number of nitrogens with two attached hydrogens (primary N) is 1. The lowest BCUT2D eigenvalue weighted by Gasteiger charge is -2.05. The number of fused-ring (bicyclic) bond motifs is 1. The molecule has 2 aromatic carbocycles. The standard InChI is InChI=1S/C17H18N2/c1-12-17(15-7-2-3-8-16(15)19-12)14-6-4-5-13(11-14)9-10-18/h2-8,11,19H,9-10,18H2,1H3. The molecule has 3 N–H and O–H groups in total. The Labute approximate surface area is 113 Å². The molecular formula is C17H18N2. The summed E-state index contributed by atoms with van der Waals surface area (Å²) in [5.74, 6) is 0. The highest BCUT2D eigenvalue weighted by atomic mass is 14.7. The van der Waals surface area contributed by atoms with E-state index in [0.717, 1.165) is 6.42 Å². The molecule has 19 heavy (non-hydrogen) atoms. The van der Waals surface area contributed by atoms with Crippen LogP contribution in [-0.4, -0.2) is 11.5 Å². The molecule has 1 aromatic heterocycles. The summed E-state index contributed by atoms with van der Waals surface area (Å²) in [5, 5.41) is 1.28. The van der Waals surface area contributed by atoms with Crippen LogP contribution in [0.1, 0.15) is 11.3 Å². The second-order valence-electron chi connectivity index (χ2n) is 4.91. The number of para-hydroxylation sites is 1. The lowest BCUT2D eigenvalue weighted by atomic mass is 9.99. The van der Waals surface area contributed by atoms with Crippen molar-refractivity contribution in [1.29, 1.82) is 0 Å². The van der Waals surface area contributed by atoms with Crippen molar-refractivity contribution in [2.45, 2.75) is 13.3 Å². The number of rotatable bonds is 3. The summed E-state index contributed by atoms with van der Waals surface area (Å²) < 4.78 is 0. The smallest absolute Gasteiger partial charge is 0.0462 e. The number of hydrogen-bond acceptors (Lipinski definition) is 1. The average Bonchev–Trinajstić information content (AvgIpc) is 2.75. The van der Waals surface area contributed by atoms with Crippen LogP contribution in [0.3, 0.4) is 0 Å². The van der Waals surface area contributed by atoms with Crippen molar-refractivity contribution in [1.82, 2.24) is 4.98 Å². The van der Waals surface area contributed by atoms with Crippen LogP contribution < -0.4 is 5.73 Å². The molecule has 0 bridgehead atoms. The monoisotopic (exact) mass is 250 g/mol.